The van der Waals surface area contributed by atoms with Gasteiger partial charge in [0.1, 0.15) is 10.8 Å². The summed E-state index contributed by atoms with van der Waals surface area (Å²) in [6, 6.07) is 2.96. The third-order valence-corrected chi connectivity index (χ3v) is 3.28. The third-order valence-electron chi connectivity index (χ3n) is 2.89. The number of ether oxygens (including phenoxy) is 2. The van der Waals surface area contributed by atoms with E-state index in [9.17, 15) is 9.59 Å². The zero-order valence-corrected chi connectivity index (χ0v) is 11.4. The second kappa shape index (κ2) is 5.48. The quantitative estimate of drug-likeness (QED) is 0.862. The number of benzene rings is 1. The Bertz CT molecular complexity index is 526. The van der Waals surface area contributed by atoms with E-state index in [0.717, 1.165) is 12.8 Å². The molecule has 6 heteroatoms. The Hall–Kier alpha value is -1.75. The molecule has 1 amide bonds. The Morgan fingerprint density at radius 1 is 1.32 bits per heavy atom. The van der Waals surface area contributed by atoms with Gasteiger partial charge in [-0.15, -0.1) is 0 Å². The summed E-state index contributed by atoms with van der Waals surface area (Å²) in [4.78, 5) is 23.3. The Kier molecular flexibility index (Phi) is 3.95. The largest absolute Gasteiger partial charge is 0.495 e. The van der Waals surface area contributed by atoms with E-state index in [1.165, 1.54) is 26.4 Å². The van der Waals surface area contributed by atoms with Crippen molar-refractivity contribution in [2.75, 3.05) is 19.5 Å². The van der Waals surface area contributed by atoms with E-state index in [4.69, 9.17) is 16.3 Å². The molecule has 0 heterocycles. The van der Waals surface area contributed by atoms with Crippen LogP contribution in [0.5, 0.6) is 5.75 Å². The van der Waals surface area contributed by atoms with Gasteiger partial charge in [0.2, 0.25) is 5.91 Å². The van der Waals surface area contributed by atoms with Gasteiger partial charge in [0.15, 0.2) is 0 Å². The van der Waals surface area contributed by atoms with Crippen LogP contribution in [0.15, 0.2) is 12.1 Å². The molecule has 1 aliphatic rings. The van der Waals surface area contributed by atoms with Gasteiger partial charge in [-0.2, -0.15) is 0 Å². The fourth-order valence-electron chi connectivity index (χ4n) is 1.65. The van der Waals surface area contributed by atoms with Crippen LogP contribution >= 0.6 is 11.6 Å². The van der Waals surface area contributed by atoms with E-state index in [2.05, 4.69) is 10.1 Å². The zero-order valence-electron chi connectivity index (χ0n) is 10.7. The average Bonchev–Trinajstić information content (AvgIpc) is 3.24. The second-order valence-corrected chi connectivity index (χ2v) is 4.67. The number of amides is 1. The Morgan fingerprint density at radius 3 is 2.53 bits per heavy atom. The van der Waals surface area contributed by atoms with Crippen molar-refractivity contribution in [2.24, 2.45) is 5.92 Å². The van der Waals surface area contributed by atoms with Gasteiger partial charge in [0.25, 0.3) is 0 Å². The molecule has 5 nitrogen and oxygen atoms in total. The SMILES string of the molecule is COC(=O)c1cc(NC(=O)C2CC2)c(Cl)c(OC)c1. The van der Waals surface area contributed by atoms with Crippen LogP contribution in [0.25, 0.3) is 0 Å². The maximum Gasteiger partial charge on any atom is 0.338 e. The molecule has 0 saturated heterocycles. The Labute approximate surface area is 115 Å². The summed E-state index contributed by atoms with van der Waals surface area (Å²) in [5, 5.41) is 2.98. The molecular formula is C13H14ClNO4. The number of rotatable bonds is 4. The lowest BCUT2D eigenvalue weighted by Gasteiger charge is -2.12. The molecular weight excluding hydrogens is 270 g/mol. The van der Waals surface area contributed by atoms with Crippen LogP contribution < -0.4 is 10.1 Å². The normalized spacial score (nSPS) is 13.8. The number of carbonyl (C=O) groups is 2. The van der Waals surface area contributed by atoms with Crippen molar-refractivity contribution in [3.05, 3.63) is 22.7 Å². The second-order valence-electron chi connectivity index (χ2n) is 4.30. The minimum absolute atomic E-state index is 0.0452. The van der Waals surface area contributed by atoms with Crippen molar-refractivity contribution in [3.63, 3.8) is 0 Å². The topological polar surface area (TPSA) is 64.6 Å². The predicted molar refractivity (Wildman–Crippen MR) is 70.7 cm³/mol. The van der Waals surface area contributed by atoms with Gasteiger partial charge in [-0.3, -0.25) is 4.79 Å². The highest BCUT2D eigenvalue weighted by Crippen LogP contribution is 2.36. The van der Waals surface area contributed by atoms with E-state index >= 15 is 0 Å². The van der Waals surface area contributed by atoms with Crippen LogP contribution in [0.2, 0.25) is 5.02 Å². The first-order valence-corrected chi connectivity index (χ1v) is 6.21. The highest BCUT2D eigenvalue weighted by molar-refractivity contribution is 6.35. The first-order valence-electron chi connectivity index (χ1n) is 5.83. The lowest BCUT2D eigenvalue weighted by molar-refractivity contribution is -0.117. The van der Waals surface area contributed by atoms with Crippen molar-refractivity contribution in [2.45, 2.75) is 12.8 Å². The molecule has 2 rings (SSSR count). The number of anilines is 1. The number of hydrogen-bond donors (Lipinski definition) is 1. The van der Waals surface area contributed by atoms with E-state index in [1.807, 2.05) is 0 Å². The minimum Gasteiger partial charge on any atom is -0.495 e. The van der Waals surface area contributed by atoms with Gasteiger partial charge >= 0.3 is 5.97 Å². The molecule has 0 unspecified atom stereocenters. The molecule has 0 bridgehead atoms. The van der Waals surface area contributed by atoms with Gasteiger partial charge in [-0.1, -0.05) is 11.6 Å². The zero-order chi connectivity index (χ0) is 14.0. The third kappa shape index (κ3) is 2.98. The van der Waals surface area contributed by atoms with E-state index in [-0.39, 0.29) is 22.4 Å². The molecule has 19 heavy (non-hydrogen) atoms. The average molecular weight is 284 g/mol. The Balaban J connectivity index is 2.33. The van der Waals surface area contributed by atoms with Crippen molar-refractivity contribution < 1.29 is 19.1 Å². The van der Waals surface area contributed by atoms with Gasteiger partial charge in [0.05, 0.1) is 25.5 Å². The lowest BCUT2D eigenvalue weighted by atomic mass is 10.1. The number of halogens is 1. The number of hydrogen-bond acceptors (Lipinski definition) is 4. The molecule has 1 N–H and O–H groups in total. The van der Waals surface area contributed by atoms with Crippen LogP contribution in [-0.4, -0.2) is 26.1 Å². The Morgan fingerprint density at radius 2 is 2.00 bits per heavy atom. The molecule has 0 radical (unpaired) electrons. The van der Waals surface area contributed by atoms with Crippen LogP contribution in [0, 0.1) is 5.92 Å². The van der Waals surface area contributed by atoms with Crippen LogP contribution in [-0.2, 0) is 9.53 Å². The summed E-state index contributed by atoms with van der Waals surface area (Å²) >= 11 is 6.11. The van der Waals surface area contributed by atoms with Crippen LogP contribution in [0.4, 0.5) is 5.69 Å². The van der Waals surface area contributed by atoms with Crippen molar-refractivity contribution in [3.8, 4) is 5.75 Å². The molecule has 1 aliphatic carbocycles. The molecule has 0 atom stereocenters. The molecule has 1 fully saturated rings. The van der Waals surface area contributed by atoms with Crippen LogP contribution in [0.3, 0.4) is 0 Å². The highest BCUT2D eigenvalue weighted by Gasteiger charge is 2.30. The summed E-state index contributed by atoms with van der Waals surface area (Å²) in [5.41, 5.74) is 0.633. The summed E-state index contributed by atoms with van der Waals surface area (Å²) < 4.78 is 9.73. The van der Waals surface area contributed by atoms with E-state index in [1.54, 1.807) is 0 Å². The number of carbonyl (C=O) groups excluding carboxylic acids is 2. The van der Waals surface area contributed by atoms with Gasteiger partial charge < -0.3 is 14.8 Å². The molecule has 0 spiro atoms. The van der Waals surface area contributed by atoms with Crippen LogP contribution in [0.1, 0.15) is 23.2 Å². The number of esters is 1. The van der Waals surface area contributed by atoms with Crippen molar-refractivity contribution >= 4 is 29.2 Å². The maximum atomic E-state index is 11.8. The molecule has 0 aromatic heterocycles. The summed E-state index contributed by atoms with van der Waals surface area (Å²) in [6.07, 6.45) is 1.77. The van der Waals surface area contributed by atoms with Gasteiger partial charge in [0, 0.05) is 5.92 Å². The first kappa shape index (κ1) is 13.7. The molecule has 0 aliphatic heterocycles. The highest BCUT2D eigenvalue weighted by atomic mass is 35.5. The predicted octanol–water partition coefficient (Wildman–Crippen LogP) is 2.48. The van der Waals surface area contributed by atoms with Crippen molar-refractivity contribution in [1.29, 1.82) is 0 Å². The molecule has 1 aromatic rings. The lowest BCUT2D eigenvalue weighted by Crippen LogP contribution is -2.14. The first-order chi connectivity index (χ1) is 9.06. The minimum atomic E-state index is -0.517. The van der Waals surface area contributed by atoms with E-state index < -0.39 is 5.97 Å². The molecule has 1 aromatic carbocycles. The standard InChI is InChI=1S/C13H14ClNO4/c1-18-10-6-8(13(17)19-2)5-9(11(10)14)15-12(16)7-3-4-7/h5-7H,3-4H2,1-2H3,(H,15,16). The number of methoxy groups -OCH3 is 2. The number of nitrogens with one attached hydrogen (secondary N) is 1. The fraction of sp³-hybridized carbons (Fsp3) is 0.385. The maximum absolute atomic E-state index is 11.8. The summed E-state index contributed by atoms with van der Waals surface area (Å²) in [5.74, 6) is -0.248. The smallest absolute Gasteiger partial charge is 0.338 e. The van der Waals surface area contributed by atoms with E-state index in [0.29, 0.717) is 11.4 Å². The molecule has 102 valence electrons. The fourth-order valence-corrected chi connectivity index (χ4v) is 1.89. The van der Waals surface area contributed by atoms with Crippen molar-refractivity contribution in [1.82, 2.24) is 0 Å². The van der Waals surface area contributed by atoms with Gasteiger partial charge in [-0.05, 0) is 25.0 Å². The molecule has 1 saturated carbocycles. The monoisotopic (exact) mass is 283 g/mol. The van der Waals surface area contributed by atoms with Gasteiger partial charge in [-0.25, -0.2) is 4.79 Å². The summed E-state index contributed by atoms with van der Waals surface area (Å²) in [6.45, 7) is 0. The summed E-state index contributed by atoms with van der Waals surface area (Å²) in [7, 11) is 2.72.